The largest absolute Gasteiger partial charge is 0.464 e. The first-order chi connectivity index (χ1) is 7.77. The van der Waals surface area contributed by atoms with Crippen LogP contribution in [0.4, 0.5) is 0 Å². The van der Waals surface area contributed by atoms with E-state index in [1.54, 1.807) is 12.5 Å². The predicted octanol–water partition coefficient (Wildman–Crippen LogP) is 4.35. The van der Waals surface area contributed by atoms with E-state index >= 15 is 0 Å². The molecule has 0 aliphatic carbocycles. The minimum Gasteiger partial charge on any atom is -0.464 e. The number of rotatable bonds is 1. The van der Waals surface area contributed by atoms with E-state index in [0.717, 1.165) is 31.2 Å². The Labute approximate surface area is 108 Å². The Balaban J connectivity index is 2.43. The van der Waals surface area contributed by atoms with E-state index in [1.165, 1.54) is 0 Å². The molecule has 0 atom stereocenters. The molecule has 0 spiro atoms. The zero-order valence-corrected chi connectivity index (χ0v) is 11.2. The highest BCUT2D eigenvalue weighted by Crippen LogP contribution is 2.38. The van der Waals surface area contributed by atoms with Gasteiger partial charge < -0.3 is 4.42 Å². The molecule has 3 rings (SSSR count). The summed E-state index contributed by atoms with van der Waals surface area (Å²) < 4.78 is 7.38. The summed E-state index contributed by atoms with van der Waals surface area (Å²) in [4.78, 5) is 0. The fraction of sp³-hybridized carbons (Fsp3) is 0. The quantitative estimate of drug-likeness (QED) is 0.715. The van der Waals surface area contributed by atoms with Crippen molar-refractivity contribution in [1.82, 2.24) is 10.2 Å². The Hall–Kier alpha value is -1.07. The number of fused-ring (bicyclic) bond motifs is 1. The summed E-state index contributed by atoms with van der Waals surface area (Å²) in [7, 11) is 0. The Kier molecular flexibility index (Phi) is 2.37. The fourth-order valence-corrected chi connectivity index (χ4v) is 3.19. The van der Waals surface area contributed by atoms with Crippen molar-refractivity contribution in [2.75, 3.05) is 0 Å². The van der Waals surface area contributed by atoms with Crippen LogP contribution in [0.25, 0.3) is 22.2 Å². The Morgan fingerprint density at radius 3 is 2.88 bits per heavy atom. The van der Waals surface area contributed by atoms with Gasteiger partial charge in [-0.05, 0) is 50.1 Å². The molecular weight excluding hydrogens is 336 g/mol. The molecule has 80 valence electrons. The third-order valence-electron chi connectivity index (χ3n) is 2.41. The molecule has 3 aromatic rings. The molecule has 0 radical (unpaired) electrons. The summed E-state index contributed by atoms with van der Waals surface area (Å²) >= 11 is 7.04. The topological polar surface area (TPSA) is 41.8 Å². The monoisotopic (exact) mass is 340 g/mol. The average Bonchev–Trinajstić information content (AvgIpc) is 2.86. The standard InChI is InChI=1S/C11H6Br2N2O/c12-7-4-8(13)11-6(5-14-15-11)10(7)9-2-1-3-16-9/h1-5H,(H,14,15). The Morgan fingerprint density at radius 2 is 2.12 bits per heavy atom. The SMILES string of the molecule is Brc1cc(Br)c2[nH]ncc2c1-c1ccco1. The summed E-state index contributed by atoms with van der Waals surface area (Å²) in [5.41, 5.74) is 1.98. The van der Waals surface area contributed by atoms with Gasteiger partial charge in [-0.2, -0.15) is 5.10 Å². The second-order valence-electron chi connectivity index (χ2n) is 3.35. The van der Waals surface area contributed by atoms with Crippen molar-refractivity contribution < 1.29 is 4.42 Å². The van der Waals surface area contributed by atoms with Crippen molar-refractivity contribution in [3.63, 3.8) is 0 Å². The molecule has 1 N–H and O–H groups in total. The molecule has 1 aromatic carbocycles. The van der Waals surface area contributed by atoms with Crippen LogP contribution in [0.15, 0.2) is 44.0 Å². The minimum absolute atomic E-state index is 0.825. The molecule has 0 amide bonds. The number of aromatic nitrogens is 2. The number of furan rings is 1. The van der Waals surface area contributed by atoms with Crippen LogP contribution in [-0.4, -0.2) is 10.2 Å². The van der Waals surface area contributed by atoms with Crippen LogP contribution < -0.4 is 0 Å². The van der Waals surface area contributed by atoms with Crippen LogP contribution in [0.1, 0.15) is 0 Å². The molecular formula is C11H6Br2N2O. The number of H-pyrrole nitrogens is 1. The van der Waals surface area contributed by atoms with Gasteiger partial charge in [-0.25, -0.2) is 0 Å². The molecule has 0 fully saturated rings. The van der Waals surface area contributed by atoms with Crippen molar-refractivity contribution in [3.05, 3.63) is 39.6 Å². The van der Waals surface area contributed by atoms with Gasteiger partial charge in [0, 0.05) is 19.9 Å². The summed E-state index contributed by atoms with van der Waals surface area (Å²) in [6.07, 6.45) is 3.46. The Bertz CT molecular complexity index is 643. The number of hydrogen-bond acceptors (Lipinski definition) is 2. The van der Waals surface area contributed by atoms with Crippen LogP contribution in [-0.2, 0) is 0 Å². The Morgan fingerprint density at radius 1 is 1.25 bits per heavy atom. The summed E-state index contributed by atoms with van der Waals surface area (Å²) in [6.45, 7) is 0. The molecule has 0 aliphatic rings. The van der Waals surface area contributed by atoms with E-state index in [1.807, 2.05) is 18.2 Å². The lowest BCUT2D eigenvalue weighted by Gasteiger charge is -2.04. The van der Waals surface area contributed by atoms with Gasteiger partial charge in [-0.15, -0.1) is 0 Å². The van der Waals surface area contributed by atoms with Crippen molar-refractivity contribution in [3.8, 4) is 11.3 Å². The number of hydrogen-bond donors (Lipinski definition) is 1. The maximum Gasteiger partial charge on any atom is 0.135 e. The smallest absolute Gasteiger partial charge is 0.135 e. The summed E-state index contributed by atoms with van der Waals surface area (Å²) in [5, 5.41) is 8.04. The van der Waals surface area contributed by atoms with Gasteiger partial charge in [0.05, 0.1) is 18.0 Å². The number of halogens is 2. The lowest BCUT2D eigenvalue weighted by atomic mass is 10.1. The maximum atomic E-state index is 5.43. The van der Waals surface area contributed by atoms with Gasteiger partial charge in [0.1, 0.15) is 5.76 Å². The van der Waals surface area contributed by atoms with Gasteiger partial charge in [-0.1, -0.05) is 0 Å². The van der Waals surface area contributed by atoms with Crippen molar-refractivity contribution in [2.45, 2.75) is 0 Å². The number of nitrogens with zero attached hydrogens (tertiary/aromatic N) is 1. The third-order valence-corrected chi connectivity index (χ3v) is 3.66. The predicted molar refractivity (Wildman–Crippen MR) is 69.2 cm³/mol. The van der Waals surface area contributed by atoms with Crippen molar-refractivity contribution in [1.29, 1.82) is 0 Å². The number of nitrogens with one attached hydrogen (secondary N) is 1. The molecule has 0 saturated carbocycles. The van der Waals surface area contributed by atoms with E-state index in [9.17, 15) is 0 Å². The first kappa shape index (κ1) is 10.1. The zero-order valence-electron chi connectivity index (χ0n) is 8.00. The summed E-state index contributed by atoms with van der Waals surface area (Å²) in [6, 6.07) is 5.79. The first-order valence-electron chi connectivity index (χ1n) is 4.62. The molecule has 2 heterocycles. The van der Waals surface area contributed by atoms with Gasteiger partial charge in [0.25, 0.3) is 0 Å². The highest BCUT2D eigenvalue weighted by molar-refractivity contribution is 9.11. The van der Waals surface area contributed by atoms with E-state index in [2.05, 4.69) is 42.1 Å². The molecule has 0 saturated heterocycles. The molecule has 5 heteroatoms. The van der Waals surface area contributed by atoms with E-state index in [0.29, 0.717) is 0 Å². The average molecular weight is 342 g/mol. The molecule has 2 aromatic heterocycles. The minimum atomic E-state index is 0.825. The van der Waals surface area contributed by atoms with Crippen LogP contribution in [0.5, 0.6) is 0 Å². The van der Waals surface area contributed by atoms with Gasteiger partial charge in [-0.3, -0.25) is 5.10 Å². The normalized spacial score (nSPS) is 11.1. The fourth-order valence-electron chi connectivity index (χ4n) is 1.71. The van der Waals surface area contributed by atoms with E-state index in [-0.39, 0.29) is 0 Å². The molecule has 0 aliphatic heterocycles. The van der Waals surface area contributed by atoms with Crippen molar-refractivity contribution >= 4 is 42.8 Å². The lowest BCUT2D eigenvalue weighted by molar-refractivity contribution is 0.582. The van der Waals surface area contributed by atoms with Gasteiger partial charge >= 0.3 is 0 Å². The van der Waals surface area contributed by atoms with Crippen LogP contribution in [0.3, 0.4) is 0 Å². The highest BCUT2D eigenvalue weighted by atomic mass is 79.9. The lowest BCUT2D eigenvalue weighted by Crippen LogP contribution is -1.81. The van der Waals surface area contributed by atoms with Crippen LogP contribution >= 0.6 is 31.9 Å². The highest BCUT2D eigenvalue weighted by Gasteiger charge is 2.14. The van der Waals surface area contributed by atoms with Crippen LogP contribution in [0.2, 0.25) is 0 Å². The van der Waals surface area contributed by atoms with Gasteiger partial charge in [0.15, 0.2) is 0 Å². The molecule has 0 unspecified atom stereocenters. The zero-order chi connectivity index (χ0) is 11.1. The second-order valence-corrected chi connectivity index (χ2v) is 5.06. The van der Waals surface area contributed by atoms with Gasteiger partial charge in [0.2, 0.25) is 0 Å². The maximum absolute atomic E-state index is 5.43. The van der Waals surface area contributed by atoms with Crippen molar-refractivity contribution in [2.24, 2.45) is 0 Å². The first-order valence-corrected chi connectivity index (χ1v) is 6.21. The summed E-state index contributed by atoms with van der Waals surface area (Å²) in [5.74, 6) is 0.825. The number of aromatic amines is 1. The van der Waals surface area contributed by atoms with E-state index < -0.39 is 0 Å². The van der Waals surface area contributed by atoms with E-state index in [4.69, 9.17) is 4.42 Å². The number of benzene rings is 1. The van der Waals surface area contributed by atoms with Crippen LogP contribution in [0, 0.1) is 0 Å². The molecule has 3 nitrogen and oxygen atoms in total. The third kappa shape index (κ3) is 1.43. The molecule has 16 heavy (non-hydrogen) atoms. The molecule has 0 bridgehead atoms. The second kappa shape index (κ2) is 3.75.